The van der Waals surface area contributed by atoms with E-state index >= 15 is 0 Å². The fourth-order valence-electron chi connectivity index (χ4n) is 0.684. The van der Waals surface area contributed by atoms with Crippen LogP contribution in [0.5, 0.6) is 0 Å². The maximum atomic E-state index is 8.78. The van der Waals surface area contributed by atoms with Crippen molar-refractivity contribution in [3.8, 4) is 0 Å². The summed E-state index contributed by atoms with van der Waals surface area (Å²) in [7, 11) is 0. The SMILES string of the molecule is O[C]1[C@@H](O)COC[C@@H]1O. The van der Waals surface area contributed by atoms with E-state index in [0.29, 0.717) is 0 Å². The molecule has 1 heterocycles. The Morgan fingerprint density at radius 3 is 2.00 bits per heavy atom. The molecular formula is C5H9O4. The molecule has 0 aliphatic carbocycles. The predicted octanol–water partition coefficient (Wildman–Crippen LogP) is -1.36. The summed E-state index contributed by atoms with van der Waals surface area (Å²) in [4.78, 5) is 0. The molecule has 1 radical (unpaired) electrons. The Labute approximate surface area is 52.7 Å². The Kier molecular flexibility index (Phi) is 2.02. The molecule has 1 saturated heterocycles. The van der Waals surface area contributed by atoms with E-state index in [2.05, 4.69) is 4.74 Å². The first-order valence-corrected chi connectivity index (χ1v) is 2.71. The van der Waals surface area contributed by atoms with Crippen molar-refractivity contribution in [1.82, 2.24) is 0 Å². The average Bonchev–Trinajstić information content (AvgIpc) is 1.83. The van der Waals surface area contributed by atoms with Crippen LogP contribution in [-0.2, 0) is 4.74 Å². The minimum absolute atomic E-state index is 0.0723. The molecule has 0 aromatic carbocycles. The number of aliphatic hydroxyl groups excluding tert-OH is 3. The first kappa shape index (κ1) is 6.95. The van der Waals surface area contributed by atoms with Crippen molar-refractivity contribution in [2.24, 2.45) is 0 Å². The standard InChI is InChI=1S/C5H9O4/c6-3-1-9-2-4(7)5(3)8/h3-4,6-8H,1-2H2/t3-,4-/m0/s1. The molecule has 0 bridgehead atoms. The third kappa shape index (κ3) is 1.40. The minimum Gasteiger partial charge on any atom is -0.387 e. The van der Waals surface area contributed by atoms with Crippen molar-refractivity contribution in [2.45, 2.75) is 12.2 Å². The summed E-state index contributed by atoms with van der Waals surface area (Å²) in [5, 5.41) is 26.3. The van der Waals surface area contributed by atoms with Crippen molar-refractivity contribution in [2.75, 3.05) is 13.2 Å². The number of rotatable bonds is 0. The monoisotopic (exact) mass is 133 g/mol. The average molecular weight is 133 g/mol. The van der Waals surface area contributed by atoms with Gasteiger partial charge in [-0.3, -0.25) is 0 Å². The molecule has 3 N–H and O–H groups in total. The van der Waals surface area contributed by atoms with E-state index in [9.17, 15) is 0 Å². The molecule has 0 aromatic heterocycles. The van der Waals surface area contributed by atoms with Gasteiger partial charge in [-0.1, -0.05) is 0 Å². The molecule has 0 aromatic rings. The van der Waals surface area contributed by atoms with E-state index in [0.717, 1.165) is 0 Å². The van der Waals surface area contributed by atoms with Gasteiger partial charge in [-0.25, -0.2) is 0 Å². The van der Waals surface area contributed by atoms with E-state index < -0.39 is 12.2 Å². The van der Waals surface area contributed by atoms with E-state index in [-0.39, 0.29) is 19.3 Å². The molecule has 1 aliphatic heterocycles. The lowest BCUT2D eigenvalue weighted by Crippen LogP contribution is -2.41. The zero-order chi connectivity index (χ0) is 6.85. The summed E-state index contributed by atoms with van der Waals surface area (Å²) in [6.07, 6.45) is -2.33. The largest absolute Gasteiger partial charge is 0.387 e. The van der Waals surface area contributed by atoms with Gasteiger partial charge in [0.25, 0.3) is 0 Å². The van der Waals surface area contributed by atoms with Crippen molar-refractivity contribution in [3.05, 3.63) is 6.10 Å². The molecule has 0 amide bonds. The molecule has 9 heavy (non-hydrogen) atoms. The maximum Gasteiger partial charge on any atom is 0.154 e. The lowest BCUT2D eigenvalue weighted by Gasteiger charge is -2.26. The maximum absolute atomic E-state index is 8.78. The molecule has 0 spiro atoms. The molecule has 2 atom stereocenters. The van der Waals surface area contributed by atoms with Gasteiger partial charge in [-0.2, -0.15) is 0 Å². The quantitative estimate of drug-likeness (QED) is 0.382. The second-order valence-electron chi connectivity index (χ2n) is 1.99. The summed E-state index contributed by atoms with van der Waals surface area (Å²) in [5.41, 5.74) is 0. The highest BCUT2D eigenvalue weighted by atomic mass is 16.5. The zero-order valence-corrected chi connectivity index (χ0v) is 4.82. The Morgan fingerprint density at radius 2 is 1.67 bits per heavy atom. The molecule has 0 unspecified atom stereocenters. The van der Waals surface area contributed by atoms with Gasteiger partial charge in [0.15, 0.2) is 6.10 Å². The minimum atomic E-state index is -1.02. The van der Waals surface area contributed by atoms with Crippen LogP contribution in [-0.4, -0.2) is 40.7 Å². The lowest BCUT2D eigenvalue weighted by molar-refractivity contribution is -0.0980. The predicted molar refractivity (Wildman–Crippen MR) is 28.0 cm³/mol. The molecule has 53 valence electrons. The second kappa shape index (κ2) is 2.62. The normalized spacial score (nSPS) is 39.0. The van der Waals surface area contributed by atoms with Gasteiger partial charge in [0.2, 0.25) is 0 Å². The molecular weight excluding hydrogens is 124 g/mol. The number of hydrogen-bond donors (Lipinski definition) is 3. The topological polar surface area (TPSA) is 69.9 Å². The number of aliphatic hydroxyl groups is 3. The van der Waals surface area contributed by atoms with Crippen molar-refractivity contribution in [3.63, 3.8) is 0 Å². The van der Waals surface area contributed by atoms with Crippen LogP contribution in [0.2, 0.25) is 0 Å². The fourth-order valence-corrected chi connectivity index (χ4v) is 0.684. The Balaban J connectivity index is 2.41. The van der Waals surface area contributed by atoms with Crippen LogP contribution >= 0.6 is 0 Å². The van der Waals surface area contributed by atoms with Crippen LogP contribution < -0.4 is 0 Å². The molecule has 1 rings (SSSR count). The summed E-state index contributed by atoms with van der Waals surface area (Å²) in [6, 6.07) is 0. The van der Waals surface area contributed by atoms with Crippen molar-refractivity contribution in [1.29, 1.82) is 0 Å². The summed E-state index contributed by atoms with van der Waals surface area (Å²) in [6.45, 7) is 0.145. The third-order valence-corrected chi connectivity index (χ3v) is 1.23. The van der Waals surface area contributed by atoms with Gasteiger partial charge in [0, 0.05) is 0 Å². The zero-order valence-electron chi connectivity index (χ0n) is 4.82. The molecule has 4 nitrogen and oxygen atoms in total. The highest BCUT2D eigenvalue weighted by molar-refractivity contribution is 4.95. The summed E-state index contributed by atoms with van der Waals surface area (Å²) in [5.74, 6) is 0. The van der Waals surface area contributed by atoms with Gasteiger partial charge >= 0.3 is 0 Å². The van der Waals surface area contributed by atoms with Crippen LogP contribution in [0, 0.1) is 6.10 Å². The van der Waals surface area contributed by atoms with Gasteiger partial charge in [0.1, 0.15) is 12.2 Å². The van der Waals surface area contributed by atoms with Gasteiger partial charge in [-0.15, -0.1) is 0 Å². The lowest BCUT2D eigenvalue weighted by atomic mass is 10.1. The van der Waals surface area contributed by atoms with Crippen LogP contribution in [0.3, 0.4) is 0 Å². The smallest absolute Gasteiger partial charge is 0.154 e. The molecule has 4 heteroatoms. The van der Waals surface area contributed by atoms with E-state index in [1.165, 1.54) is 0 Å². The Morgan fingerprint density at radius 1 is 1.22 bits per heavy atom. The van der Waals surface area contributed by atoms with Gasteiger partial charge < -0.3 is 20.1 Å². The van der Waals surface area contributed by atoms with Crippen LogP contribution in [0.15, 0.2) is 0 Å². The second-order valence-corrected chi connectivity index (χ2v) is 1.99. The van der Waals surface area contributed by atoms with E-state index in [1.54, 1.807) is 0 Å². The molecule has 1 fully saturated rings. The first-order chi connectivity index (χ1) is 4.22. The number of hydrogen-bond acceptors (Lipinski definition) is 4. The van der Waals surface area contributed by atoms with Gasteiger partial charge in [0.05, 0.1) is 13.2 Å². The molecule has 1 aliphatic rings. The van der Waals surface area contributed by atoms with Crippen LogP contribution in [0.1, 0.15) is 0 Å². The van der Waals surface area contributed by atoms with Gasteiger partial charge in [-0.05, 0) is 0 Å². The van der Waals surface area contributed by atoms with Crippen LogP contribution in [0.4, 0.5) is 0 Å². The Hall–Kier alpha value is -0.160. The van der Waals surface area contributed by atoms with Crippen LogP contribution in [0.25, 0.3) is 0 Å². The fraction of sp³-hybridized carbons (Fsp3) is 0.800. The summed E-state index contributed by atoms with van der Waals surface area (Å²) < 4.78 is 4.68. The van der Waals surface area contributed by atoms with E-state index in [4.69, 9.17) is 15.3 Å². The highest BCUT2D eigenvalue weighted by Gasteiger charge is 2.30. The third-order valence-electron chi connectivity index (χ3n) is 1.23. The summed E-state index contributed by atoms with van der Waals surface area (Å²) >= 11 is 0. The first-order valence-electron chi connectivity index (χ1n) is 2.71. The van der Waals surface area contributed by atoms with Crippen molar-refractivity contribution >= 4 is 0 Å². The number of ether oxygens (including phenoxy) is 1. The highest BCUT2D eigenvalue weighted by Crippen LogP contribution is 2.14. The van der Waals surface area contributed by atoms with Crippen molar-refractivity contribution < 1.29 is 20.1 Å². The van der Waals surface area contributed by atoms with E-state index in [1.807, 2.05) is 0 Å². The Bertz CT molecular complexity index is 85.0. The molecule has 0 saturated carbocycles.